The molecule has 0 saturated heterocycles. The minimum absolute atomic E-state index is 0.237. The lowest BCUT2D eigenvalue weighted by atomic mass is 10.4. The van der Waals surface area contributed by atoms with E-state index < -0.39 is 0 Å². The molecule has 0 fully saturated rings. The molecule has 0 rings (SSSR count). The maximum absolute atomic E-state index is 10.5. The van der Waals surface area contributed by atoms with Gasteiger partial charge in [0.15, 0.2) is 0 Å². The molecule has 0 aromatic carbocycles. The van der Waals surface area contributed by atoms with Crippen LogP contribution in [-0.2, 0) is 9.53 Å². The van der Waals surface area contributed by atoms with Crippen molar-refractivity contribution in [3.8, 4) is 12.0 Å². The summed E-state index contributed by atoms with van der Waals surface area (Å²) in [6.45, 7) is 1.76. The van der Waals surface area contributed by atoms with Crippen LogP contribution in [0.2, 0.25) is 0 Å². The first-order chi connectivity index (χ1) is 4.31. The van der Waals surface area contributed by atoms with Crippen molar-refractivity contribution >= 4 is 5.78 Å². The largest absolute Gasteiger partial charge is 0.450 e. The fraction of sp³-hybridized carbons (Fsp3) is 0.286. The molecule has 9 heavy (non-hydrogen) atoms. The van der Waals surface area contributed by atoms with Crippen molar-refractivity contribution in [1.29, 1.82) is 0 Å². The molecule has 0 aliphatic rings. The molecule has 48 valence electrons. The Morgan fingerprint density at radius 1 is 1.67 bits per heavy atom. The van der Waals surface area contributed by atoms with Gasteiger partial charge in [0.1, 0.15) is 6.11 Å². The van der Waals surface area contributed by atoms with Crippen LogP contribution in [-0.4, -0.2) is 12.9 Å². The zero-order valence-electron chi connectivity index (χ0n) is 5.47. The van der Waals surface area contributed by atoms with E-state index in [0.29, 0.717) is 0 Å². The molecule has 0 heterocycles. The van der Waals surface area contributed by atoms with Crippen molar-refractivity contribution in [2.24, 2.45) is 0 Å². The molecule has 0 amide bonds. The quantitative estimate of drug-likeness (QED) is 0.380. The zero-order valence-corrected chi connectivity index (χ0v) is 5.47. The molecular weight excluding hydrogens is 116 g/mol. The Labute approximate surface area is 54.5 Å². The summed E-state index contributed by atoms with van der Waals surface area (Å²) < 4.78 is 4.34. The zero-order chi connectivity index (χ0) is 7.11. The van der Waals surface area contributed by atoms with Crippen LogP contribution < -0.4 is 0 Å². The van der Waals surface area contributed by atoms with Gasteiger partial charge >= 0.3 is 0 Å². The van der Waals surface area contributed by atoms with Crippen LogP contribution >= 0.6 is 0 Å². The Morgan fingerprint density at radius 3 is 2.78 bits per heavy atom. The van der Waals surface area contributed by atoms with Gasteiger partial charge in [0.2, 0.25) is 5.78 Å². The summed E-state index contributed by atoms with van der Waals surface area (Å²) in [7, 11) is 1.41. The van der Waals surface area contributed by atoms with E-state index in [9.17, 15) is 4.79 Å². The molecule has 0 unspecified atom stereocenters. The second-order valence-electron chi connectivity index (χ2n) is 1.30. The molecule has 0 aliphatic carbocycles. The standard InChI is InChI=1S/C7H8O2/c1-3-4-7(8)5-6-9-2/h3-4H,1-2H3. The van der Waals surface area contributed by atoms with E-state index in [0.717, 1.165) is 0 Å². The number of methoxy groups -OCH3 is 1. The molecule has 0 spiro atoms. The number of allylic oxidation sites excluding steroid dienone is 2. The average Bonchev–Trinajstić information content (AvgIpc) is 1.85. The molecule has 0 aliphatic heterocycles. The minimum atomic E-state index is -0.237. The van der Waals surface area contributed by atoms with Gasteiger partial charge in [0.05, 0.1) is 7.11 Å². The molecule has 0 N–H and O–H groups in total. The summed E-state index contributed by atoms with van der Waals surface area (Å²) in [5, 5.41) is 0. The summed E-state index contributed by atoms with van der Waals surface area (Å²) in [5.41, 5.74) is 0. The predicted octanol–water partition coefficient (Wildman–Crippen LogP) is 0.739. The highest BCUT2D eigenvalue weighted by Crippen LogP contribution is 1.72. The van der Waals surface area contributed by atoms with Gasteiger partial charge in [-0.15, -0.1) is 0 Å². The number of ether oxygens (including phenoxy) is 1. The van der Waals surface area contributed by atoms with Crippen LogP contribution in [0, 0.1) is 12.0 Å². The second kappa shape index (κ2) is 4.92. The van der Waals surface area contributed by atoms with E-state index in [-0.39, 0.29) is 5.78 Å². The van der Waals surface area contributed by atoms with Crippen LogP contribution in [0.4, 0.5) is 0 Å². The summed E-state index contributed by atoms with van der Waals surface area (Å²) in [5.74, 6) is 2.00. The number of hydrogen-bond acceptors (Lipinski definition) is 2. The molecule has 0 saturated carbocycles. The highest BCUT2D eigenvalue weighted by molar-refractivity contribution is 6.03. The Balaban J connectivity index is 3.77. The van der Waals surface area contributed by atoms with Crippen molar-refractivity contribution < 1.29 is 9.53 Å². The van der Waals surface area contributed by atoms with Crippen LogP contribution in [0.15, 0.2) is 12.2 Å². The van der Waals surface area contributed by atoms with Crippen molar-refractivity contribution in [2.45, 2.75) is 6.92 Å². The highest BCUT2D eigenvalue weighted by Gasteiger charge is 1.82. The number of hydrogen-bond donors (Lipinski definition) is 0. The first-order valence-corrected chi connectivity index (χ1v) is 2.52. The van der Waals surface area contributed by atoms with E-state index in [2.05, 4.69) is 16.8 Å². The van der Waals surface area contributed by atoms with Crippen molar-refractivity contribution in [3.63, 3.8) is 0 Å². The monoisotopic (exact) mass is 124 g/mol. The van der Waals surface area contributed by atoms with E-state index in [1.165, 1.54) is 13.2 Å². The fourth-order valence-corrected chi connectivity index (χ4v) is 0.294. The van der Waals surface area contributed by atoms with E-state index in [1.54, 1.807) is 13.0 Å². The first kappa shape index (κ1) is 7.77. The van der Waals surface area contributed by atoms with E-state index in [1.807, 2.05) is 0 Å². The fourth-order valence-electron chi connectivity index (χ4n) is 0.294. The summed E-state index contributed by atoms with van der Waals surface area (Å²) in [6.07, 6.45) is 5.19. The Bertz CT molecular complexity index is 169. The molecule has 0 bridgehead atoms. The lowest BCUT2D eigenvalue weighted by Gasteiger charge is -1.75. The third-order valence-electron chi connectivity index (χ3n) is 0.594. The first-order valence-electron chi connectivity index (χ1n) is 2.52. The predicted molar refractivity (Wildman–Crippen MR) is 34.6 cm³/mol. The third-order valence-corrected chi connectivity index (χ3v) is 0.594. The molecule has 0 aromatic rings. The summed E-state index contributed by atoms with van der Waals surface area (Å²) >= 11 is 0. The van der Waals surface area contributed by atoms with Crippen LogP contribution in [0.1, 0.15) is 6.92 Å². The van der Waals surface area contributed by atoms with Gasteiger partial charge in [-0.05, 0) is 13.0 Å². The molecule has 0 aromatic heterocycles. The molecular formula is C7H8O2. The van der Waals surface area contributed by atoms with Gasteiger partial charge in [-0.3, -0.25) is 4.79 Å². The maximum Gasteiger partial charge on any atom is 0.231 e. The topological polar surface area (TPSA) is 26.3 Å². The smallest absolute Gasteiger partial charge is 0.231 e. The SMILES string of the molecule is CC=CC(=O)C#COC. The summed E-state index contributed by atoms with van der Waals surface area (Å²) in [4.78, 5) is 10.5. The van der Waals surface area contributed by atoms with Gasteiger partial charge in [-0.2, -0.15) is 0 Å². The minimum Gasteiger partial charge on any atom is -0.450 e. The van der Waals surface area contributed by atoms with E-state index in [4.69, 9.17) is 0 Å². The summed E-state index contributed by atoms with van der Waals surface area (Å²) in [6, 6.07) is 0. The van der Waals surface area contributed by atoms with Crippen LogP contribution in [0.25, 0.3) is 0 Å². The van der Waals surface area contributed by atoms with Crippen molar-refractivity contribution in [2.75, 3.05) is 7.11 Å². The number of carbonyl (C=O) groups excluding carboxylic acids is 1. The van der Waals surface area contributed by atoms with E-state index >= 15 is 0 Å². The van der Waals surface area contributed by atoms with Gasteiger partial charge in [0, 0.05) is 5.92 Å². The number of rotatable bonds is 1. The van der Waals surface area contributed by atoms with Crippen LogP contribution in [0.5, 0.6) is 0 Å². The van der Waals surface area contributed by atoms with Crippen molar-refractivity contribution in [1.82, 2.24) is 0 Å². The van der Waals surface area contributed by atoms with Crippen molar-refractivity contribution in [3.05, 3.63) is 12.2 Å². The van der Waals surface area contributed by atoms with Gasteiger partial charge in [-0.1, -0.05) is 6.08 Å². The second-order valence-corrected chi connectivity index (χ2v) is 1.30. The number of carbonyl (C=O) groups is 1. The van der Waals surface area contributed by atoms with Gasteiger partial charge < -0.3 is 4.74 Å². The molecule has 0 radical (unpaired) electrons. The maximum atomic E-state index is 10.5. The van der Waals surface area contributed by atoms with Crippen LogP contribution in [0.3, 0.4) is 0 Å². The normalized spacial score (nSPS) is 8.22. The third kappa shape index (κ3) is 4.63. The lowest BCUT2D eigenvalue weighted by molar-refractivity contribution is -0.109. The Hall–Kier alpha value is -1.23. The Kier molecular flexibility index (Phi) is 4.25. The number of ketones is 1. The highest BCUT2D eigenvalue weighted by atomic mass is 16.5. The lowest BCUT2D eigenvalue weighted by Crippen LogP contribution is -1.84. The molecule has 2 heteroatoms. The average molecular weight is 124 g/mol. The Morgan fingerprint density at radius 2 is 2.33 bits per heavy atom. The van der Waals surface area contributed by atoms with Gasteiger partial charge in [-0.25, -0.2) is 0 Å². The molecule has 0 atom stereocenters. The molecule has 2 nitrogen and oxygen atoms in total. The van der Waals surface area contributed by atoms with Gasteiger partial charge in [0.25, 0.3) is 0 Å².